The Morgan fingerprint density at radius 1 is 0.944 bits per heavy atom. The molecule has 0 N–H and O–H groups in total. The van der Waals surface area contributed by atoms with Crippen molar-refractivity contribution >= 4 is 5.97 Å². The highest BCUT2D eigenvalue weighted by molar-refractivity contribution is 5.91. The molecule has 4 atom stereocenters. The molecule has 2 aliphatic rings. The van der Waals surface area contributed by atoms with Gasteiger partial charge in [0.1, 0.15) is 34.8 Å². The molecule has 2 aromatic rings. The number of rotatable bonds is 8. The number of unbranched alkanes of at least 4 members (excludes halogenated alkanes) is 3. The number of fused-ring (bicyclic) bond motifs is 1. The molecule has 1 unspecified atom stereocenters. The van der Waals surface area contributed by atoms with E-state index >= 15 is 4.39 Å². The maximum Gasteiger partial charge on any atom is 0.343 e. The van der Waals surface area contributed by atoms with Crippen LogP contribution in [0.1, 0.15) is 105 Å². The molecule has 0 spiro atoms. The van der Waals surface area contributed by atoms with Crippen LogP contribution >= 0.6 is 0 Å². The van der Waals surface area contributed by atoms with E-state index < -0.39 is 29.0 Å². The Morgan fingerprint density at radius 3 is 2.36 bits per heavy atom. The van der Waals surface area contributed by atoms with Crippen molar-refractivity contribution in [3.8, 4) is 11.8 Å². The van der Waals surface area contributed by atoms with Crippen LogP contribution in [0.4, 0.5) is 13.2 Å². The van der Waals surface area contributed by atoms with Crippen LogP contribution in [0.2, 0.25) is 0 Å². The van der Waals surface area contributed by atoms with Crippen LogP contribution < -0.4 is 4.74 Å². The minimum Gasteiger partial charge on any atom is -0.423 e. The molecule has 0 aliphatic heterocycles. The summed E-state index contributed by atoms with van der Waals surface area (Å²) in [7, 11) is 0. The van der Waals surface area contributed by atoms with Crippen molar-refractivity contribution in [2.75, 3.05) is 0 Å². The molecule has 2 aromatic carbocycles. The van der Waals surface area contributed by atoms with Crippen molar-refractivity contribution in [2.45, 2.75) is 83.5 Å². The number of hydrogen-bond acceptors (Lipinski definition) is 3. The van der Waals surface area contributed by atoms with Gasteiger partial charge in [-0.05, 0) is 73.5 Å². The number of carbonyl (C=O) groups excluding carboxylic acids is 1. The predicted molar refractivity (Wildman–Crippen MR) is 132 cm³/mol. The second-order valence-corrected chi connectivity index (χ2v) is 10.6. The largest absolute Gasteiger partial charge is 0.423 e. The van der Waals surface area contributed by atoms with Gasteiger partial charge in [-0.3, -0.25) is 0 Å². The molecule has 0 bridgehead atoms. The predicted octanol–water partition coefficient (Wildman–Crippen LogP) is 8.47. The van der Waals surface area contributed by atoms with Crippen LogP contribution in [0.15, 0.2) is 30.3 Å². The zero-order chi connectivity index (χ0) is 25.7. The summed E-state index contributed by atoms with van der Waals surface area (Å²) >= 11 is 0. The summed E-state index contributed by atoms with van der Waals surface area (Å²) < 4.78 is 47.7. The van der Waals surface area contributed by atoms with E-state index in [-0.39, 0.29) is 17.2 Å². The third kappa shape index (κ3) is 6.11. The summed E-state index contributed by atoms with van der Waals surface area (Å²) in [5.74, 6) is -1.61. The Labute approximate surface area is 211 Å². The van der Waals surface area contributed by atoms with E-state index in [9.17, 15) is 13.6 Å². The lowest BCUT2D eigenvalue weighted by Gasteiger charge is -2.42. The number of esters is 1. The molecule has 0 heterocycles. The summed E-state index contributed by atoms with van der Waals surface area (Å²) in [6.07, 6.45) is 13.5. The van der Waals surface area contributed by atoms with Gasteiger partial charge in [-0.2, -0.15) is 5.26 Å². The zero-order valence-electron chi connectivity index (χ0n) is 20.9. The molecule has 0 saturated heterocycles. The lowest BCUT2D eigenvalue weighted by molar-refractivity contribution is 0.0733. The monoisotopic (exact) mass is 497 g/mol. The van der Waals surface area contributed by atoms with E-state index in [0.717, 1.165) is 49.3 Å². The minimum atomic E-state index is -1.12. The maximum absolute atomic E-state index is 15.1. The summed E-state index contributed by atoms with van der Waals surface area (Å²) in [4.78, 5) is 12.5. The molecule has 4 rings (SSSR count). The van der Waals surface area contributed by atoms with E-state index in [0.29, 0.717) is 11.5 Å². The Balaban J connectivity index is 1.35. The van der Waals surface area contributed by atoms with Gasteiger partial charge in [0.25, 0.3) is 0 Å². The van der Waals surface area contributed by atoms with Crippen molar-refractivity contribution in [1.82, 2.24) is 0 Å². The molecule has 0 amide bonds. The Kier molecular flexibility index (Phi) is 8.72. The van der Waals surface area contributed by atoms with Crippen LogP contribution in [-0.4, -0.2) is 5.97 Å². The molecule has 36 heavy (non-hydrogen) atoms. The first kappa shape index (κ1) is 26.3. The van der Waals surface area contributed by atoms with Gasteiger partial charge in [-0.15, -0.1) is 0 Å². The molecule has 6 heteroatoms. The van der Waals surface area contributed by atoms with Crippen molar-refractivity contribution in [3.63, 3.8) is 0 Å². The summed E-state index contributed by atoms with van der Waals surface area (Å²) in [6.45, 7) is 2.24. The molecule has 2 fully saturated rings. The Hall–Kier alpha value is -2.81. The van der Waals surface area contributed by atoms with Crippen LogP contribution in [0.5, 0.6) is 5.75 Å². The lowest BCUT2D eigenvalue weighted by Crippen LogP contribution is -2.30. The number of nitriles is 1. The van der Waals surface area contributed by atoms with Crippen LogP contribution in [0.3, 0.4) is 0 Å². The third-order valence-corrected chi connectivity index (χ3v) is 8.20. The SMILES string of the molecule is CCCCCC[C@H]1CC[C@@H]2CC(c3ccc(C(=O)Oc4cc(F)c(C#N)c(F)c4)cc3F)CC[C@H]2C1. The highest BCUT2D eigenvalue weighted by atomic mass is 19.1. The smallest absolute Gasteiger partial charge is 0.343 e. The standard InChI is InChI=1S/C30H34F3NO2/c1-2-3-4-5-6-19-7-8-21-14-22(10-9-20(21)13-19)25-12-11-23(15-27(25)31)30(35)36-24-16-28(32)26(18-34)29(33)17-24/h11-12,15-17,19-22H,2-10,13-14H2,1H3/t19-,20-,21+,22?/m0/s1. The first-order chi connectivity index (χ1) is 17.4. The summed E-state index contributed by atoms with van der Waals surface area (Å²) in [5, 5.41) is 8.76. The molecule has 0 radical (unpaired) electrons. The third-order valence-electron chi connectivity index (χ3n) is 8.20. The molecule has 192 valence electrons. The van der Waals surface area contributed by atoms with Gasteiger partial charge in [0, 0.05) is 12.1 Å². The summed E-state index contributed by atoms with van der Waals surface area (Å²) in [6, 6.07) is 7.25. The number of halogens is 3. The molecule has 2 saturated carbocycles. The quantitative estimate of drug-likeness (QED) is 0.209. The van der Waals surface area contributed by atoms with Gasteiger partial charge >= 0.3 is 5.97 Å². The highest BCUT2D eigenvalue weighted by Crippen LogP contribution is 2.48. The molecular formula is C30H34F3NO2. The number of carbonyl (C=O) groups is 1. The van der Waals surface area contributed by atoms with Crippen molar-refractivity contribution in [2.24, 2.45) is 17.8 Å². The van der Waals surface area contributed by atoms with Crippen molar-refractivity contribution < 1.29 is 22.7 Å². The van der Waals surface area contributed by atoms with E-state index in [4.69, 9.17) is 10.00 Å². The van der Waals surface area contributed by atoms with E-state index in [1.165, 1.54) is 63.5 Å². The lowest BCUT2D eigenvalue weighted by atomic mass is 9.63. The van der Waals surface area contributed by atoms with Gasteiger partial charge in [-0.25, -0.2) is 18.0 Å². The van der Waals surface area contributed by atoms with Crippen molar-refractivity contribution in [1.29, 1.82) is 5.26 Å². The van der Waals surface area contributed by atoms with Crippen LogP contribution in [0, 0.1) is 46.5 Å². The topological polar surface area (TPSA) is 50.1 Å². The average molecular weight is 498 g/mol. The van der Waals surface area contributed by atoms with E-state index in [1.54, 1.807) is 6.07 Å². The number of ether oxygens (including phenoxy) is 1. The minimum absolute atomic E-state index is 0.0290. The van der Waals surface area contributed by atoms with Gasteiger partial charge in [0.15, 0.2) is 0 Å². The average Bonchev–Trinajstić information content (AvgIpc) is 2.86. The first-order valence-electron chi connectivity index (χ1n) is 13.3. The maximum atomic E-state index is 15.1. The van der Waals surface area contributed by atoms with E-state index in [2.05, 4.69) is 6.92 Å². The van der Waals surface area contributed by atoms with Gasteiger partial charge in [0.2, 0.25) is 0 Å². The van der Waals surface area contributed by atoms with E-state index in [1.807, 2.05) is 0 Å². The fourth-order valence-corrected chi connectivity index (χ4v) is 6.26. The molecule has 3 nitrogen and oxygen atoms in total. The first-order valence-corrected chi connectivity index (χ1v) is 13.3. The second kappa shape index (κ2) is 12.0. The number of benzene rings is 2. The molecular weight excluding hydrogens is 463 g/mol. The summed E-state index contributed by atoms with van der Waals surface area (Å²) in [5.41, 5.74) is -0.152. The van der Waals surface area contributed by atoms with Crippen LogP contribution in [-0.2, 0) is 0 Å². The van der Waals surface area contributed by atoms with Gasteiger partial charge in [0.05, 0.1) is 5.56 Å². The second-order valence-electron chi connectivity index (χ2n) is 10.6. The van der Waals surface area contributed by atoms with Crippen LogP contribution in [0.25, 0.3) is 0 Å². The molecule has 0 aromatic heterocycles. The fourth-order valence-electron chi connectivity index (χ4n) is 6.26. The molecule has 2 aliphatic carbocycles. The zero-order valence-corrected chi connectivity index (χ0v) is 20.9. The Morgan fingerprint density at radius 2 is 1.67 bits per heavy atom. The van der Waals surface area contributed by atoms with Crippen molar-refractivity contribution in [3.05, 3.63) is 64.5 Å². The van der Waals surface area contributed by atoms with Gasteiger partial charge in [-0.1, -0.05) is 51.5 Å². The van der Waals surface area contributed by atoms with Gasteiger partial charge < -0.3 is 4.74 Å². The highest BCUT2D eigenvalue weighted by Gasteiger charge is 2.36. The normalized spacial score (nSPS) is 23.5. The fraction of sp³-hybridized carbons (Fsp3) is 0.533. The number of nitrogens with zero attached hydrogens (tertiary/aromatic N) is 1. The number of hydrogen-bond donors (Lipinski definition) is 0. The Bertz CT molecular complexity index is 1100.